The number of azide groups is 1. The van der Waals surface area contributed by atoms with Crippen LogP contribution < -0.4 is 21.1 Å². The van der Waals surface area contributed by atoms with Crippen molar-refractivity contribution in [2.75, 3.05) is 26.3 Å². The third kappa shape index (κ3) is 7.45. The Morgan fingerprint density at radius 1 is 1.17 bits per heavy atom. The monoisotopic (exact) mass is 648 g/mol. The minimum atomic E-state index is -0.776. The van der Waals surface area contributed by atoms with Crippen molar-refractivity contribution in [3.63, 3.8) is 0 Å². The predicted molar refractivity (Wildman–Crippen MR) is 168 cm³/mol. The quantitative estimate of drug-likeness (QED) is 0.0503. The number of hydrogen-bond donors (Lipinski definition) is 4. The lowest BCUT2D eigenvalue weighted by Gasteiger charge is -2.28. The molecular formula is C31H33FN8O5S. The SMILES string of the molecule is C[C@@H](NC(=O)[C@@H]1C[C@]2(COCCN=[N+]=[N-])C[C@@H]2N1C(=O)CNC(=O)c1ccc(Oc2ccc(F)cc2)cc1)c1cc(C(=N)N)cs1. The van der Waals surface area contributed by atoms with E-state index in [0.717, 1.165) is 4.88 Å². The lowest BCUT2D eigenvalue weighted by Crippen LogP contribution is -2.51. The summed E-state index contributed by atoms with van der Waals surface area (Å²) in [5.41, 5.74) is 14.5. The smallest absolute Gasteiger partial charge is 0.251 e. The molecule has 1 aliphatic heterocycles. The molecule has 13 nitrogen and oxygen atoms in total. The highest BCUT2D eigenvalue weighted by Crippen LogP contribution is 2.59. The Bertz CT molecular complexity index is 1660. The Morgan fingerprint density at radius 2 is 1.87 bits per heavy atom. The molecule has 3 aromatic rings. The summed E-state index contributed by atoms with van der Waals surface area (Å²) >= 11 is 1.38. The number of benzene rings is 2. The molecule has 2 heterocycles. The number of fused-ring (bicyclic) bond motifs is 1. The zero-order chi connectivity index (χ0) is 32.8. The molecule has 2 aromatic carbocycles. The topological polar surface area (TPSA) is 196 Å². The number of nitrogens with one attached hydrogen (secondary N) is 3. The van der Waals surface area contributed by atoms with Crippen LogP contribution in [0, 0.1) is 16.6 Å². The van der Waals surface area contributed by atoms with Crippen LogP contribution in [0.2, 0.25) is 0 Å². The summed E-state index contributed by atoms with van der Waals surface area (Å²) in [4.78, 5) is 45.1. The number of nitrogen functional groups attached to an aromatic ring is 1. The van der Waals surface area contributed by atoms with Gasteiger partial charge in [-0.1, -0.05) is 5.11 Å². The molecule has 0 unspecified atom stereocenters. The average molecular weight is 649 g/mol. The molecule has 2 fully saturated rings. The Balaban J connectivity index is 1.22. The Kier molecular flexibility index (Phi) is 9.85. The van der Waals surface area contributed by atoms with Gasteiger partial charge in [0.2, 0.25) is 11.8 Å². The molecule has 2 aliphatic rings. The number of likely N-dealkylation sites (tertiary alicyclic amines) is 1. The van der Waals surface area contributed by atoms with Gasteiger partial charge in [-0.25, -0.2) is 4.39 Å². The molecular weight excluding hydrogens is 615 g/mol. The molecule has 0 spiro atoms. The first-order chi connectivity index (χ1) is 22.1. The minimum Gasteiger partial charge on any atom is -0.457 e. The van der Waals surface area contributed by atoms with Gasteiger partial charge in [-0.15, -0.1) is 11.3 Å². The summed E-state index contributed by atoms with van der Waals surface area (Å²) in [5.74, 6) is -0.754. The second-order valence-electron chi connectivity index (χ2n) is 11.3. The van der Waals surface area contributed by atoms with Crippen LogP contribution in [0.25, 0.3) is 10.4 Å². The molecule has 1 aromatic heterocycles. The van der Waals surface area contributed by atoms with Crippen LogP contribution in [0.3, 0.4) is 0 Å². The van der Waals surface area contributed by atoms with Crippen molar-refractivity contribution in [2.45, 2.75) is 37.9 Å². The molecule has 0 bridgehead atoms. The molecule has 1 aliphatic carbocycles. The van der Waals surface area contributed by atoms with Gasteiger partial charge in [0.25, 0.3) is 5.91 Å². The summed E-state index contributed by atoms with van der Waals surface area (Å²) in [6.45, 7) is 2.20. The number of hydrogen-bond acceptors (Lipinski definition) is 8. The van der Waals surface area contributed by atoms with E-state index in [-0.39, 0.29) is 49.3 Å². The maximum Gasteiger partial charge on any atom is 0.251 e. The molecule has 5 rings (SSSR count). The first-order valence-corrected chi connectivity index (χ1v) is 15.4. The van der Waals surface area contributed by atoms with E-state index in [1.807, 2.05) is 6.92 Å². The summed E-state index contributed by atoms with van der Waals surface area (Å²) in [6.07, 6.45) is 1.03. The van der Waals surface area contributed by atoms with E-state index in [2.05, 4.69) is 20.7 Å². The number of amides is 3. The summed E-state index contributed by atoms with van der Waals surface area (Å²) < 4.78 is 24.6. The maximum atomic E-state index is 13.6. The molecule has 1 saturated heterocycles. The zero-order valence-electron chi connectivity index (χ0n) is 24.9. The number of carbonyl (C=O) groups excluding carboxylic acids is 3. The van der Waals surface area contributed by atoms with Gasteiger partial charge in [-0.2, -0.15) is 0 Å². The van der Waals surface area contributed by atoms with Crippen molar-refractivity contribution in [2.24, 2.45) is 16.3 Å². The first kappa shape index (κ1) is 32.4. The minimum absolute atomic E-state index is 0.0626. The van der Waals surface area contributed by atoms with Crippen molar-refractivity contribution in [3.05, 3.63) is 92.2 Å². The number of rotatable bonds is 14. The average Bonchev–Trinajstić information content (AvgIpc) is 3.36. The molecule has 4 atom stereocenters. The van der Waals surface area contributed by atoms with Gasteiger partial charge in [0, 0.05) is 44.3 Å². The Morgan fingerprint density at radius 3 is 2.52 bits per heavy atom. The van der Waals surface area contributed by atoms with E-state index >= 15 is 0 Å². The van der Waals surface area contributed by atoms with Gasteiger partial charge >= 0.3 is 0 Å². The highest BCUT2D eigenvalue weighted by Gasteiger charge is 2.67. The number of ether oxygens (including phenoxy) is 2. The van der Waals surface area contributed by atoms with Crippen molar-refractivity contribution < 1.29 is 28.2 Å². The number of carbonyl (C=O) groups is 3. The summed E-state index contributed by atoms with van der Waals surface area (Å²) in [5, 5.41) is 18.5. The third-order valence-corrected chi connectivity index (χ3v) is 9.19. The van der Waals surface area contributed by atoms with Crippen LogP contribution >= 0.6 is 11.3 Å². The fourth-order valence-electron chi connectivity index (χ4n) is 5.61. The van der Waals surface area contributed by atoms with Crippen molar-refractivity contribution in [1.29, 1.82) is 5.41 Å². The van der Waals surface area contributed by atoms with E-state index in [4.69, 9.17) is 26.1 Å². The fraction of sp³-hybridized carbons (Fsp3) is 0.355. The lowest BCUT2D eigenvalue weighted by molar-refractivity contribution is -0.139. The molecule has 240 valence electrons. The number of nitrogens with zero attached hydrogens (tertiary/aromatic N) is 4. The number of halogens is 1. The van der Waals surface area contributed by atoms with Crippen molar-refractivity contribution in [3.8, 4) is 11.5 Å². The summed E-state index contributed by atoms with van der Waals surface area (Å²) in [6, 6.07) is 12.2. The van der Waals surface area contributed by atoms with E-state index in [0.29, 0.717) is 42.1 Å². The van der Waals surface area contributed by atoms with E-state index in [9.17, 15) is 18.8 Å². The van der Waals surface area contributed by atoms with E-state index in [1.54, 1.807) is 40.6 Å². The number of nitrogens with two attached hydrogens (primary N) is 1. The number of piperidine rings is 1. The Hall–Kier alpha value is -4.98. The normalized spacial score (nSPS) is 20.2. The largest absolute Gasteiger partial charge is 0.457 e. The lowest BCUT2D eigenvalue weighted by atomic mass is 10.00. The second kappa shape index (κ2) is 14.0. The number of amidine groups is 1. The maximum absolute atomic E-state index is 13.6. The van der Waals surface area contributed by atoms with Crippen molar-refractivity contribution >= 4 is 34.9 Å². The van der Waals surface area contributed by atoms with Gasteiger partial charge in [0.1, 0.15) is 29.2 Å². The highest BCUT2D eigenvalue weighted by molar-refractivity contribution is 7.10. The third-order valence-electron chi connectivity index (χ3n) is 8.08. The molecule has 3 amide bonds. The number of thiophene rings is 1. The van der Waals surface area contributed by atoms with Gasteiger partial charge in [-0.3, -0.25) is 19.8 Å². The van der Waals surface area contributed by atoms with Crippen LogP contribution in [0.15, 0.2) is 65.1 Å². The highest BCUT2D eigenvalue weighted by atomic mass is 32.1. The molecule has 1 saturated carbocycles. The van der Waals surface area contributed by atoms with Crippen LogP contribution in [0.4, 0.5) is 4.39 Å². The Labute approximate surface area is 268 Å². The van der Waals surface area contributed by atoms with Crippen LogP contribution in [-0.2, 0) is 14.3 Å². The van der Waals surface area contributed by atoms with Crippen LogP contribution in [0.1, 0.15) is 46.6 Å². The molecule has 0 radical (unpaired) electrons. The first-order valence-electron chi connectivity index (χ1n) is 14.5. The van der Waals surface area contributed by atoms with E-state index in [1.165, 1.54) is 35.6 Å². The molecule has 5 N–H and O–H groups in total. The van der Waals surface area contributed by atoms with Gasteiger partial charge in [-0.05, 0) is 79.9 Å². The van der Waals surface area contributed by atoms with Gasteiger partial charge < -0.3 is 30.7 Å². The van der Waals surface area contributed by atoms with Crippen LogP contribution in [-0.4, -0.2) is 66.8 Å². The summed E-state index contributed by atoms with van der Waals surface area (Å²) in [7, 11) is 0. The fourth-order valence-corrected chi connectivity index (χ4v) is 6.53. The standard InChI is InChI=1S/C31H33FN8O5S/c1-18(25-12-20(16-46-25)28(33)34)38-30(43)24-13-31(17-44-11-10-37-39-35)14-26(31)40(24)27(41)15-36-29(42)19-2-6-22(7-3-19)45-23-8-4-21(32)5-9-23/h2-9,12,16,18,24,26H,10-11,13-15,17H2,1H3,(H3,33,34)(H,36,42)(H,38,43)/t18-,24+,26+,31-/m1/s1. The van der Waals surface area contributed by atoms with Crippen molar-refractivity contribution in [1.82, 2.24) is 15.5 Å². The molecule has 46 heavy (non-hydrogen) atoms. The van der Waals surface area contributed by atoms with Crippen LogP contribution in [0.5, 0.6) is 11.5 Å². The van der Waals surface area contributed by atoms with Gasteiger partial charge in [0.05, 0.1) is 25.8 Å². The second-order valence-corrected chi connectivity index (χ2v) is 12.2. The zero-order valence-corrected chi connectivity index (χ0v) is 25.8. The van der Waals surface area contributed by atoms with E-state index < -0.39 is 23.3 Å². The predicted octanol–water partition coefficient (Wildman–Crippen LogP) is 4.26. The molecule has 15 heteroatoms. The van der Waals surface area contributed by atoms with Gasteiger partial charge in [0.15, 0.2) is 0 Å².